The lowest BCUT2D eigenvalue weighted by Gasteiger charge is -2.43. The van der Waals surface area contributed by atoms with Crippen molar-refractivity contribution in [1.82, 2.24) is 0 Å². The molecule has 0 amide bonds. The molecule has 2 heterocycles. The van der Waals surface area contributed by atoms with Crippen LogP contribution in [0.3, 0.4) is 0 Å². The predicted octanol–water partition coefficient (Wildman–Crippen LogP) is 5.48. The van der Waals surface area contributed by atoms with Gasteiger partial charge in [0.25, 0.3) is 0 Å². The molecule has 0 aromatic heterocycles. The topological polar surface area (TPSA) is 21.3 Å². The van der Waals surface area contributed by atoms with Crippen LogP contribution in [-0.4, -0.2) is 6.61 Å². The predicted molar refractivity (Wildman–Crippen MR) is 85.6 cm³/mol. The Morgan fingerprint density at radius 1 is 1.08 bits per heavy atom. The Balaban J connectivity index is 1.78. The molecule has 3 atom stereocenters. The largest absolute Gasteiger partial charge is 0.416 e. The Morgan fingerprint density at radius 3 is 2.68 bits per heavy atom. The summed E-state index contributed by atoms with van der Waals surface area (Å²) in [5, 5.41) is 3.30. The van der Waals surface area contributed by atoms with Gasteiger partial charge >= 0.3 is 6.18 Å². The van der Waals surface area contributed by atoms with Crippen LogP contribution >= 0.6 is 0 Å². The number of fused-ring (bicyclic) bond motifs is 3. The number of nitrogens with one attached hydrogen (secondary N) is 1. The molecule has 4 rings (SSSR count). The van der Waals surface area contributed by atoms with E-state index >= 15 is 0 Å². The van der Waals surface area contributed by atoms with Crippen molar-refractivity contribution >= 4 is 5.69 Å². The second kappa shape index (κ2) is 6.02. The Kier molecular flexibility index (Phi) is 3.95. The summed E-state index contributed by atoms with van der Waals surface area (Å²) in [7, 11) is 0. The maximum atomic E-state index is 13.6. The van der Waals surface area contributed by atoms with Gasteiger partial charge in [-0.2, -0.15) is 13.2 Å². The third-order valence-corrected chi connectivity index (χ3v) is 5.00. The summed E-state index contributed by atoms with van der Waals surface area (Å²) in [4.78, 5) is 0. The Morgan fingerprint density at radius 2 is 1.92 bits per heavy atom. The molecule has 0 aliphatic carbocycles. The number of halogens is 4. The smallest absolute Gasteiger partial charge is 0.378 e. The fourth-order valence-corrected chi connectivity index (χ4v) is 3.88. The van der Waals surface area contributed by atoms with Gasteiger partial charge in [-0.1, -0.05) is 12.1 Å². The van der Waals surface area contributed by atoms with Crippen LogP contribution in [-0.2, 0) is 10.9 Å². The molecule has 0 unspecified atom stereocenters. The van der Waals surface area contributed by atoms with Crippen molar-refractivity contribution in [2.45, 2.75) is 31.2 Å². The lowest BCUT2D eigenvalue weighted by atomic mass is 9.77. The van der Waals surface area contributed by atoms with Gasteiger partial charge in [-0.05, 0) is 48.7 Å². The molecule has 0 radical (unpaired) electrons. The Bertz CT molecular complexity index is 789. The summed E-state index contributed by atoms with van der Waals surface area (Å²) in [6.07, 6.45) is -3.16. The minimum atomic E-state index is -4.39. The number of benzene rings is 2. The van der Waals surface area contributed by atoms with E-state index in [-0.39, 0.29) is 17.8 Å². The highest BCUT2D eigenvalue weighted by Crippen LogP contribution is 2.50. The highest BCUT2D eigenvalue weighted by atomic mass is 19.4. The fourth-order valence-electron chi connectivity index (χ4n) is 3.88. The first-order valence-corrected chi connectivity index (χ1v) is 8.28. The lowest BCUT2D eigenvalue weighted by Crippen LogP contribution is -2.36. The maximum absolute atomic E-state index is 13.6. The molecular formula is C19H17F4NO. The summed E-state index contributed by atoms with van der Waals surface area (Å²) in [6, 6.07) is 9.83. The van der Waals surface area contributed by atoms with E-state index in [0.29, 0.717) is 17.9 Å². The van der Waals surface area contributed by atoms with E-state index in [1.54, 1.807) is 6.07 Å². The number of anilines is 1. The van der Waals surface area contributed by atoms with Crippen LogP contribution in [0.5, 0.6) is 0 Å². The van der Waals surface area contributed by atoms with Gasteiger partial charge in [0, 0.05) is 23.8 Å². The molecular weight excluding hydrogens is 334 g/mol. The quantitative estimate of drug-likeness (QED) is 0.687. The molecule has 25 heavy (non-hydrogen) atoms. The number of rotatable bonds is 1. The summed E-state index contributed by atoms with van der Waals surface area (Å²) < 4.78 is 58.7. The standard InChI is InChI=1S/C19H17F4NO/c20-13-4-1-3-11(9-13)17-14-5-2-8-25-18(14)15-10-12(19(21,22)23)6-7-16(15)24-17/h1,3-4,6-7,9-10,14,17-18,24H,2,5,8H2/t14-,17-,18-/m1/s1. The van der Waals surface area contributed by atoms with Crippen LogP contribution in [0.4, 0.5) is 23.2 Å². The summed E-state index contributed by atoms with van der Waals surface area (Å²) in [5.41, 5.74) is 1.26. The van der Waals surface area contributed by atoms with E-state index in [9.17, 15) is 17.6 Å². The van der Waals surface area contributed by atoms with E-state index in [4.69, 9.17) is 4.74 Å². The van der Waals surface area contributed by atoms with E-state index in [1.165, 1.54) is 24.3 Å². The first-order chi connectivity index (χ1) is 11.9. The van der Waals surface area contributed by atoms with Crippen LogP contribution in [0.2, 0.25) is 0 Å². The van der Waals surface area contributed by atoms with Gasteiger partial charge in [0.1, 0.15) is 5.82 Å². The number of hydrogen-bond acceptors (Lipinski definition) is 2. The SMILES string of the molecule is Fc1cccc([C@H]2Nc3ccc(C(F)(F)F)cc3[C@@H]3OCCC[C@H]23)c1. The van der Waals surface area contributed by atoms with Crippen LogP contribution in [0.25, 0.3) is 0 Å². The van der Waals surface area contributed by atoms with Crippen molar-refractivity contribution < 1.29 is 22.3 Å². The highest BCUT2D eigenvalue weighted by molar-refractivity contribution is 5.58. The third-order valence-electron chi connectivity index (χ3n) is 5.00. The summed E-state index contributed by atoms with van der Waals surface area (Å²) in [5.74, 6) is -0.364. The molecule has 2 aromatic carbocycles. The average Bonchev–Trinajstić information content (AvgIpc) is 2.60. The first-order valence-electron chi connectivity index (χ1n) is 8.28. The molecule has 2 aromatic rings. The van der Waals surface area contributed by atoms with Crippen molar-refractivity contribution in [1.29, 1.82) is 0 Å². The molecule has 0 bridgehead atoms. The lowest BCUT2D eigenvalue weighted by molar-refractivity contribution is -0.137. The van der Waals surface area contributed by atoms with Crippen LogP contribution in [0.15, 0.2) is 42.5 Å². The number of alkyl halides is 3. The molecule has 0 spiro atoms. The van der Waals surface area contributed by atoms with Crippen molar-refractivity contribution in [3.63, 3.8) is 0 Å². The first kappa shape index (κ1) is 16.4. The van der Waals surface area contributed by atoms with Gasteiger partial charge in [0.2, 0.25) is 0 Å². The van der Waals surface area contributed by atoms with Crippen molar-refractivity contribution in [2.75, 3.05) is 11.9 Å². The highest BCUT2D eigenvalue weighted by Gasteiger charge is 2.41. The molecule has 1 N–H and O–H groups in total. The van der Waals surface area contributed by atoms with E-state index in [2.05, 4.69) is 5.32 Å². The van der Waals surface area contributed by atoms with Crippen molar-refractivity contribution in [3.05, 3.63) is 65.0 Å². The molecule has 2 aliphatic heterocycles. The van der Waals surface area contributed by atoms with Gasteiger partial charge in [-0.25, -0.2) is 4.39 Å². The zero-order valence-electron chi connectivity index (χ0n) is 13.3. The molecule has 0 saturated carbocycles. The van der Waals surface area contributed by atoms with Crippen molar-refractivity contribution in [3.8, 4) is 0 Å². The van der Waals surface area contributed by atoms with E-state index < -0.39 is 17.8 Å². The molecule has 1 fully saturated rings. The molecule has 2 aliphatic rings. The zero-order chi connectivity index (χ0) is 17.6. The van der Waals surface area contributed by atoms with Gasteiger partial charge in [0.15, 0.2) is 0 Å². The van der Waals surface area contributed by atoms with Crippen molar-refractivity contribution in [2.24, 2.45) is 5.92 Å². The maximum Gasteiger partial charge on any atom is 0.416 e. The fraction of sp³-hybridized carbons (Fsp3) is 0.368. The van der Waals surface area contributed by atoms with Crippen LogP contribution in [0, 0.1) is 11.7 Å². The molecule has 6 heteroatoms. The zero-order valence-corrected chi connectivity index (χ0v) is 13.3. The average molecular weight is 351 g/mol. The third kappa shape index (κ3) is 2.99. The van der Waals surface area contributed by atoms with Gasteiger partial charge in [-0.15, -0.1) is 0 Å². The van der Waals surface area contributed by atoms with E-state index in [0.717, 1.165) is 24.5 Å². The molecule has 2 nitrogen and oxygen atoms in total. The minimum Gasteiger partial charge on any atom is -0.378 e. The Labute approximate surface area is 142 Å². The number of ether oxygens (including phenoxy) is 1. The molecule has 132 valence electrons. The second-order valence-electron chi connectivity index (χ2n) is 6.57. The Hall–Kier alpha value is -2.08. The molecule has 1 saturated heterocycles. The van der Waals surface area contributed by atoms with Gasteiger partial charge < -0.3 is 10.1 Å². The summed E-state index contributed by atoms with van der Waals surface area (Å²) >= 11 is 0. The van der Waals surface area contributed by atoms with Gasteiger partial charge in [-0.3, -0.25) is 0 Å². The normalized spacial score (nSPS) is 25.7. The van der Waals surface area contributed by atoms with Gasteiger partial charge in [0.05, 0.1) is 17.7 Å². The second-order valence-corrected chi connectivity index (χ2v) is 6.57. The summed E-state index contributed by atoms with van der Waals surface area (Å²) in [6.45, 7) is 0.521. The van der Waals surface area contributed by atoms with E-state index in [1.807, 2.05) is 6.07 Å². The van der Waals surface area contributed by atoms with Crippen LogP contribution in [0.1, 0.15) is 41.7 Å². The monoisotopic (exact) mass is 351 g/mol. The number of hydrogen-bond donors (Lipinski definition) is 1. The minimum absolute atomic E-state index is 0.0356. The van der Waals surface area contributed by atoms with Crippen LogP contribution < -0.4 is 5.32 Å².